The zero-order valence-electron chi connectivity index (χ0n) is 33.0. The summed E-state index contributed by atoms with van der Waals surface area (Å²) in [6.07, 6.45) is 1.96. The van der Waals surface area contributed by atoms with Crippen molar-refractivity contribution in [2.24, 2.45) is 0 Å². The Kier molecular flexibility index (Phi) is 9.11. The largest absolute Gasteiger partial charge is 0.347 e. The fourth-order valence-corrected chi connectivity index (χ4v) is 9.25. The Morgan fingerprint density at radius 2 is 1.22 bits per heavy atom. The first-order chi connectivity index (χ1) is 28.4. The second-order valence-corrected chi connectivity index (χ2v) is 17.3. The molecular weight excluding hydrogens is 725 g/mol. The summed E-state index contributed by atoms with van der Waals surface area (Å²) in [4.78, 5) is 12.3. The van der Waals surface area contributed by atoms with Gasteiger partial charge in [0.25, 0.3) is 0 Å². The van der Waals surface area contributed by atoms with Gasteiger partial charge < -0.3 is 9.80 Å². The van der Waals surface area contributed by atoms with Gasteiger partial charge in [0.2, 0.25) is 0 Å². The van der Waals surface area contributed by atoms with Crippen molar-refractivity contribution in [3.05, 3.63) is 199 Å². The van der Waals surface area contributed by atoms with Gasteiger partial charge in [-0.25, -0.2) is 4.98 Å². The predicted molar refractivity (Wildman–Crippen MR) is 245 cm³/mol. The van der Waals surface area contributed by atoms with Crippen molar-refractivity contribution < 1.29 is 0 Å². The van der Waals surface area contributed by atoms with Gasteiger partial charge in [0, 0.05) is 39.0 Å². The Hall–Kier alpha value is -6.56. The van der Waals surface area contributed by atoms with E-state index in [1.807, 2.05) is 18.0 Å². The second-order valence-electron chi connectivity index (χ2n) is 16.2. The molecule has 9 aromatic rings. The maximum Gasteiger partial charge on any atom is 0.137 e. The zero-order chi connectivity index (χ0) is 39.2. The first kappa shape index (κ1) is 35.8. The molecule has 5 heteroatoms. The number of anilines is 3. The lowest BCUT2D eigenvalue weighted by Crippen LogP contribution is -2.27. The van der Waals surface area contributed by atoms with Crippen LogP contribution in [0.5, 0.6) is 0 Å². The molecule has 1 aliphatic rings. The molecule has 0 bridgehead atoms. The molecule has 0 N–H and O–H groups in total. The zero-order valence-corrected chi connectivity index (χ0v) is 33.8. The van der Waals surface area contributed by atoms with Crippen molar-refractivity contribution in [2.45, 2.75) is 42.5 Å². The number of para-hydroxylation sites is 2. The van der Waals surface area contributed by atoms with Crippen molar-refractivity contribution in [1.82, 2.24) is 9.55 Å². The van der Waals surface area contributed by atoms with Gasteiger partial charge in [0.1, 0.15) is 5.82 Å². The molecule has 4 nitrogen and oxygen atoms in total. The lowest BCUT2D eigenvalue weighted by Gasteiger charge is -2.23. The monoisotopic (exact) mass is 768 g/mol. The predicted octanol–water partition coefficient (Wildman–Crippen LogP) is 14.1. The average Bonchev–Trinajstić information content (AvgIpc) is 3.79. The Morgan fingerprint density at radius 3 is 1.97 bits per heavy atom. The fourth-order valence-electron chi connectivity index (χ4n) is 8.30. The van der Waals surface area contributed by atoms with E-state index in [2.05, 4.69) is 217 Å². The summed E-state index contributed by atoms with van der Waals surface area (Å²) >= 11 is 1.82. The highest BCUT2D eigenvalue weighted by Crippen LogP contribution is 2.45. The summed E-state index contributed by atoms with van der Waals surface area (Å²) in [5.74, 6) is 0.933. The number of rotatable bonds is 8. The van der Waals surface area contributed by atoms with Crippen LogP contribution in [0.3, 0.4) is 0 Å². The average molecular weight is 769 g/mol. The van der Waals surface area contributed by atoms with Crippen LogP contribution in [0, 0.1) is 0 Å². The van der Waals surface area contributed by atoms with Crippen LogP contribution in [0.4, 0.5) is 17.1 Å². The van der Waals surface area contributed by atoms with E-state index < -0.39 is 0 Å². The van der Waals surface area contributed by atoms with Crippen LogP contribution < -0.4 is 9.80 Å². The van der Waals surface area contributed by atoms with Gasteiger partial charge in [-0.2, -0.15) is 0 Å². The van der Waals surface area contributed by atoms with E-state index in [9.17, 15) is 0 Å². The van der Waals surface area contributed by atoms with Crippen LogP contribution in [0.15, 0.2) is 198 Å². The smallest absolute Gasteiger partial charge is 0.137 e. The Balaban J connectivity index is 1.09. The molecule has 7 aromatic carbocycles. The van der Waals surface area contributed by atoms with E-state index in [1.54, 1.807) is 0 Å². The van der Waals surface area contributed by atoms with Crippen LogP contribution in [0.1, 0.15) is 31.9 Å². The van der Waals surface area contributed by atoms with Crippen molar-refractivity contribution in [2.75, 3.05) is 16.5 Å². The number of benzene rings is 7. The summed E-state index contributed by atoms with van der Waals surface area (Å²) in [5.41, 5.74) is 13.3. The summed E-state index contributed by atoms with van der Waals surface area (Å²) in [6.45, 7) is 8.41. The summed E-state index contributed by atoms with van der Waals surface area (Å²) in [5, 5.41) is 2.43. The molecule has 3 heterocycles. The van der Waals surface area contributed by atoms with E-state index >= 15 is 0 Å². The number of nitrogens with zero attached hydrogens (tertiary/aromatic N) is 4. The van der Waals surface area contributed by atoms with Gasteiger partial charge >= 0.3 is 0 Å². The number of aromatic nitrogens is 2. The number of pyridine rings is 1. The molecule has 58 heavy (non-hydrogen) atoms. The Labute approximate surface area is 345 Å². The molecule has 0 aliphatic carbocycles. The molecule has 0 spiro atoms. The molecule has 2 aromatic heterocycles. The molecule has 0 saturated carbocycles. The molecule has 0 fully saturated rings. The van der Waals surface area contributed by atoms with Crippen molar-refractivity contribution in [3.8, 4) is 28.1 Å². The lowest BCUT2D eigenvalue weighted by molar-refractivity contribution is 0.588. The quantitative estimate of drug-likeness (QED) is 0.154. The minimum Gasteiger partial charge on any atom is -0.347 e. The normalized spacial score (nSPS) is 12.7. The van der Waals surface area contributed by atoms with Gasteiger partial charge in [-0.3, -0.25) is 4.57 Å². The number of hydrogen-bond acceptors (Lipinski definition) is 4. The van der Waals surface area contributed by atoms with E-state index in [-0.39, 0.29) is 5.41 Å². The van der Waals surface area contributed by atoms with Crippen LogP contribution in [-0.2, 0) is 12.0 Å². The third-order valence-electron chi connectivity index (χ3n) is 11.3. The second kappa shape index (κ2) is 14.7. The van der Waals surface area contributed by atoms with Gasteiger partial charge in [0.05, 0.1) is 29.1 Å². The van der Waals surface area contributed by atoms with E-state index in [0.29, 0.717) is 0 Å². The minimum atomic E-state index is -0.00610. The standard InChI is InChI=1S/C53H44N4S/c1-53(2,3)42-27-28-54-52(32-42)57-48-26-23-40(38-17-9-5-10-18-38)31-47(48)46-25-24-44(34-51(46)57)58-45-30-41(39-19-11-6-12-20-39)29-43(33-45)56-36-55(35-37-15-7-4-8-16-37)49-21-13-14-22-50(49)56/h4-34H,35-36H2,1-3H3. The molecule has 0 atom stereocenters. The van der Waals surface area contributed by atoms with E-state index in [1.165, 1.54) is 71.0 Å². The molecule has 10 rings (SSSR count). The van der Waals surface area contributed by atoms with Crippen LogP contribution in [0.25, 0.3) is 49.9 Å². The highest BCUT2D eigenvalue weighted by molar-refractivity contribution is 7.99. The molecule has 0 saturated heterocycles. The SMILES string of the molecule is CC(C)(C)c1ccnc(-n2c3ccc(-c4ccccc4)cc3c3ccc(Sc4cc(-c5ccccc5)cc(N5CN(Cc6ccccc6)c6ccccc65)c4)cc32)c1. The van der Waals surface area contributed by atoms with Gasteiger partial charge in [0.15, 0.2) is 0 Å². The fraction of sp³-hybridized carbons (Fsp3) is 0.113. The summed E-state index contributed by atoms with van der Waals surface area (Å²) in [6, 6.07) is 66.2. The lowest BCUT2D eigenvalue weighted by atomic mass is 9.88. The van der Waals surface area contributed by atoms with Crippen molar-refractivity contribution in [3.63, 3.8) is 0 Å². The Morgan fingerprint density at radius 1 is 0.534 bits per heavy atom. The highest BCUT2D eigenvalue weighted by atomic mass is 32.2. The third-order valence-corrected chi connectivity index (χ3v) is 12.2. The Bertz CT molecular complexity index is 2910. The molecular formula is C53H44N4S. The minimum absolute atomic E-state index is 0.00610. The number of fused-ring (bicyclic) bond motifs is 4. The van der Waals surface area contributed by atoms with E-state index in [0.717, 1.165) is 30.1 Å². The van der Waals surface area contributed by atoms with Crippen molar-refractivity contribution >= 4 is 50.6 Å². The van der Waals surface area contributed by atoms with Gasteiger partial charge in [-0.05, 0) is 106 Å². The maximum absolute atomic E-state index is 4.99. The first-order valence-corrected chi connectivity index (χ1v) is 20.8. The molecule has 1 aliphatic heterocycles. The molecule has 0 amide bonds. The van der Waals surface area contributed by atoms with Gasteiger partial charge in [-0.15, -0.1) is 0 Å². The van der Waals surface area contributed by atoms with Crippen molar-refractivity contribution in [1.29, 1.82) is 0 Å². The molecule has 282 valence electrons. The summed E-state index contributed by atoms with van der Waals surface area (Å²) < 4.78 is 2.35. The van der Waals surface area contributed by atoms with Gasteiger partial charge in [-0.1, -0.05) is 148 Å². The molecule has 0 radical (unpaired) electrons. The highest BCUT2D eigenvalue weighted by Gasteiger charge is 2.27. The summed E-state index contributed by atoms with van der Waals surface area (Å²) in [7, 11) is 0. The van der Waals surface area contributed by atoms with Crippen LogP contribution >= 0.6 is 11.8 Å². The first-order valence-electron chi connectivity index (χ1n) is 20.0. The topological polar surface area (TPSA) is 24.3 Å². The third kappa shape index (κ3) is 6.82. The van der Waals surface area contributed by atoms with Crippen LogP contribution in [-0.4, -0.2) is 16.2 Å². The number of hydrogen-bond donors (Lipinski definition) is 0. The van der Waals surface area contributed by atoms with E-state index in [4.69, 9.17) is 4.98 Å². The maximum atomic E-state index is 4.99. The van der Waals surface area contributed by atoms with Crippen LogP contribution in [0.2, 0.25) is 0 Å². The molecule has 0 unspecified atom stereocenters.